The van der Waals surface area contributed by atoms with E-state index in [9.17, 15) is 4.39 Å². The summed E-state index contributed by atoms with van der Waals surface area (Å²) in [7, 11) is 0. The molecule has 1 aromatic carbocycles. The van der Waals surface area contributed by atoms with Crippen molar-refractivity contribution in [1.82, 2.24) is 25.2 Å². The van der Waals surface area contributed by atoms with Crippen LogP contribution in [0.2, 0.25) is 0 Å². The van der Waals surface area contributed by atoms with E-state index in [0.717, 1.165) is 55.3 Å². The molecule has 2 heterocycles. The molecule has 0 aliphatic heterocycles. The first-order valence-corrected chi connectivity index (χ1v) is 9.31. The van der Waals surface area contributed by atoms with Gasteiger partial charge in [0.2, 0.25) is 0 Å². The van der Waals surface area contributed by atoms with Crippen LogP contribution in [0.25, 0.3) is 5.65 Å². The van der Waals surface area contributed by atoms with E-state index in [1.165, 1.54) is 12.1 Å². The van der Waals surface area contributed by atoms with Gasteiger partial charge in [0, 0.05) is 32.3 Å². The molecule has 0 saturated carbocycles. The van der Waals surface area contributed by atoms with Gasteiger partial charge in [-0.05, 0) is 49.6 Å². The third-order valence-corrected chi connectivity index (χ3v) is 4.18. The average molecular weight is 368 g/mol. The van der Waals surface area contributed by atoms with Crippen molar-refractivity contribution in [2.75, 3.05) is 19.6 Å². The Morgan fingerprint density at radius 1 is 1.07 bits per heavy atom. The van der Waals surface area contributed by atoms with Crippen LogP contribution in [0.3, 0.4) is 0 Å². The second-order valence-electron chi connectivity index (χ2n) is 6.21. The zero-order chi connectivity index (χ0) is 18.9. The Labute approximate surface area is 158 Å². The SMILES string of the molecule is CCNC(=NCCCc1nnc2ccccn12)NCCc1ccc(F)cc1. The lowest BCUT2D eigenvalue weighted by Gasteiger charge is -2.11. The molecule has 6 nitrogen and oxygen atoms in total. The maximum atomic E-state index is 12.9. The third kappa shape index (κ3) is 5.51. The van der Waals surface area contributed by atoms with Crippen molar-refractivity contribution in [2.24, 2.45) is 4.99 Å². The average Bonchev–Trinajstić information content (AvgIpc) is 3.10. The predicted molar refractivity (Wildman–Crippen MR) is 105 cm³/mol. The van der Waals surface area contributed by atoms with Gasteiger partial charge in [-0.15, -0.1) is 10.2 Å². The summed E-state index contributed by atoms with van der Waals surface area (Å²) in [6.07, 6.45) is 4.51. The molecule has 7 heteroatoms. The number of pyridine rings is 1. The van der Waals surface area contributed by atoms with Crippen molar-refractivity contribution >= 4 is 11.6 Å². The van der Waals surface area contributed by atoms with Gasteiger partial charge in [-0.1, -0.05) is 18.2 Å². The second-order valence-corrected chi connectivity index (χ2v) is 6.21. The summed E-state index contributed by atoms with van der Waals surface area (Å²) >= 11 is 0. The van der Waals surface area contributed by atoms with Gasteiger partial charge >= 0.3 is 0 Å². The minimum absolute atomic E-state index is 0.206. The van der Waals surface area contributed by atoms with Crippen LogP contribution >= 0.6 is 0 Å². The molecule has 2 N–H and O–H groups in total. The van der Waals surface area contributed by atoms with E-state index in [4.69, 9.17) is 0 Å². The molecule has 142 valence electrons. The monoisotopic (exact) mass is 368 g/mol. The largest absolute Gasteiger partial charge is 0.357 e. The van der Waals surface area contributed by atoms with Crippen LogP contribution in [0, 0.1) is 5.82 Å². The summed E-state index contributed by atoms with van der Waals surface area (Å²) in [4.78, 5) is 4.62. The molecule has 0 amide bonds. The number of fused-ring (bicyclic) bond motifs is 1. The van der Waals surface area contributed by atoms with Crippen LogP contribution in [-0.2, 0) is 12.8 Å². The highest BCUT2D eigenvalue weighted by atomic mass is 19.1. The number of aromatic nitrogens is 3. The molecule has 0 spiro atoms. The minimum Gasteiger partial charge on any atom is -0.357 e. The molecule has 0 atom stereocenters. The smallest absolute Gasteiger partial charge is 0.191 e. The Hall–Kier alpha value is -2.96. The van der Waals surface area contributed by atoms with Crippen molar-refractivity contribution in [2.45, 2.75) is 26.2 Å². The summed E-state index contributed by atoms with van der Waals surface area (Å²) in [5, 5.41) is 15.0. The number of nitrogens with zero attached hydrogens (tertiary/aromatic N) is 4. The highest BCUT2D eigenvalue weighted by Crippen LogP contribution is 2.05. The van der Waals surface area contributed by atoms with Crippen LogP contribution < -0.4 is 10.6 Å². The number of aryl methyl sites for hydroxylation is 1. The molecule has 27 heavy (non-hydrogen) atoms. The Kier molecular flexibility index (Phi) is 6.73. The highest BCUT2D eigenvalue weighted by molar-refractivity contribution is 5.79. The summed E-state index contributed by atoms with van der Waals surface area (Å²) in [5.41, 5.74) is 1.96. The van der Waals surface area contributed by atoms with Gasteiger partial charge < -0.3 is 10.6 Å². The molecular weight excluding hydrogens is 343 g/mol. The Morgan fingerprint density at radius 2 is 1.93 bits per heavy atom. The number of halogens is 1. The zero-order valence-electron chi connectivity index (χ0n) is 15.5. The Bertz CT molecular complexity index is 872. The van der Waals surface area contributed by atoms with Gasteiger partial charge in [0.1, 0.15) is 11.6 Å². The van der Waals surface area contributed by atoms with Gasteiger partial charge in [0.05, 0.1) is 0 Å². The van der Waals surface area contributed by atoms with E-state index in [0.29, 0.717) is 6.54 Å². The molecule has 0 fully saturated rings. The van der Waals surface area contributed by atoms with Gasteiger partial charge in [-0.25, -0.2) is 4.39 Å². The predicted octanol–water partition coefficient (Wildman–Crippen LogP) is 2.60. The van der Waals surface area contributed by atoms with Gasteiger partial charge in [-0.3, -0.25) is 9.39 Å². The number of hydrogen-bond donors (Lipinski definition) is 2. The summed E-state index contributed by atoms with van der Waals surface area (Å²) < 4.78 is 15.0. The summed E-state index contributed by atoms with van der Waals surface area (Å²) in [6.45, 7) is 4.29. The van der Waals surface area contributed by atoms with Crippen molar-refractivity contribution in [3.8, 4) is 0 Å². The molecule has 0 saturated heterocycles. The first kappa shape index (κ1) is 18.8. The van der Waals surface area contributed by atoms with Crippen molar-refractivity contribution in [1.29, 1.82) is 0 Å². The lowest BCUT2D eigenvalue weighted by molar-refractivity contribution is 0.626. The van der Waals surface area contributed by atoms with E-state index in [1.54, 1.807) is 0 Å². The minimum atomic E-state index is -0.206. The summed E-state index contributed by atoms with van der Waals surface area (Å²) in [6, 6.07) is 12.5. The maximum absolute atomic E-state index is 12.9. The van der Waals surface area contributed by atoms with Gasteiger partial charge in [-0.2, -0.15) is 0 Å². The molecule has 3 rings (SSSR count). The number of guanidine groups is 1. The van der Waals surface area contributed by atoms with Crippen molar-refractivity contribution in [3.05, 3.63) is 65.9 Å². The lowest BCUT2D eigenvalue weighted by atomic mass is 10.1. The van der Waals surface area contributed by atoms with E-state index >= 15 is 0 Å². The fraction of sp³-hybridized carbons (Fsp3) is 0.350. The normalized spacial score (nSPS) is 11.7. The summed E-state index contributed by atoms with van der Waals surface area (Å²) in [5.74, 6) is 1.54. The molecular formula is C20H25FN6. The van der Waals surface area contributed by atoms with Crippen LogP contribution in [0.5, 0.6) is 0 Å². The number of hydrogen-bond acceptors (Lipinski definition) is 3. The van der Waals surface area contributed by atoms with E-state index < -0.39 is 0 Å². The molecule has 0 bridgehead atoms. The van der Waals surface area contributed by atoms with E-state index in [2.05, 4.69) is 25.8 Å². The van der Waals surface area contributed by atoms with Crippen LogP contribution in [0.1, 0.15) is 24.7 Å². The standard InChI is InChI=1S/C20H25FN6/c1-2-22-20(24-14-12-16-8-10-17(21)11-9-16)23-13-5-7-19-26-25-18-6-3-4-15-27(18)19/h3-4,6,8-11,15H,2,5,7,12-14H2,1H3,(H2,22,23,24). The topological polar surface area (TPSA) is 66.6 Å². The second kappa shape index (κ2) is 9.66. The molecule has 2 aromatic heterocycles. The molecule has 0 aliphatic carbocycles. The molecule has 0 unspecified atom stereocenters. The third-order valence-electron chi connectivity index (χ3n) is 4.18. The first-order valence-electron chi connectivity index (χ1n) is 9.31. The lowest BCUT2D eigenvalue weighted by Crippen LogP contribution is -2.38. The Balaban J connectivity index is 1.46. The van der Waals surface area contributed by atoms with Gasteiger partial charge in [0.25, 0.3) is 0 Å². The van der Waals surface area contributed by atoms with Crippen molar-refractivity contribution < 1.29 is 4.39 Å². The van der Waals surface area contributed by atoms with Crippen molar-refractivity contribution in [3.63, 3.8) is 0 Å². The van der Waals surface area contributed by atoms with E-state index in [-0.39, 0.29) is 5.82 Å². The van der Waals surface area contributed by atoms with Crippen LogP contribution in [0.4, 0.5) is 4.39 Å². The van der Waals surface area contributed by atoms with E-state index in [1.807, 2.05) is 47.9 Å². The first-order chi connectivity index (χ1) is 13.3. The van der Waals surface area contributed by atoms with Crippen LogP contribution in [0.15, 0.2) is 53.7 Å². The number of rotatable bonds is 8. The highest BCUT2D eigenvalue weighted by Gasteiger charge is 2.04. The quantitative estimate of drug-likeness (QED) is 0.364. The molecule has 0 radical (unpaired) electrons. The fourth-order valence-electron chi connectivity index (χ4n) is 2.81. The number of benzene rings is 1. The zero-order valence-corrected chi connectivity index (χ0v) is 15.5. The number of nitrogens with one attached hydrogen (secondary N) is 2. The maximum Gasteiger partial charge on any atom is 0.191 e. The molecule has 3 aromatic rings. The Morgan fingerprint density at radius 3 is 2.74 bits per heavy atom. The number of aliphatic imine (C=N–C) groups is 1. The van der Waals surface area contributed by atoms with Gasteiger partial charge in [0.15, 0.2) is 11.6 Å². The molecule has 0 aliphatic rings. The van der Waals surface area contributed by atoms with Crippen LogP contribution in [-0.4, -0.2) is 40.2 Å². The fourth-order valence-corrected chi connectivity index (χ4v) is 2.81.